The summed E-state index contributed by atoms with van der Waals surface area (Å²) < 4.78 is 29.6. The molecule has 0 radical (unpaired) electrons. The van der Waals surface area contributed by atoms with Crippen molar-refractivity contribution in [1.29, 1.82) is 0 Å². The summed E-state index contributed by atoms with van der Waals surface area (Å²) in [7, 11) is 0. The maximum atomic E-state index is 12.0. The van der Waals surface area contributed by atoms with Crippen molar-refractivity contribution in [3.63, 3.8) is 0 Å². The monoisotopic (exact) mass is 446 g/mol. The number of esters is 1. The van der Waals surface area contributed by atoms with Gasteiger partial charge in [-0.15, -0.1) is 0 Å². The highest BCUT2D eigenvalue weighted by Gasteiger charge is 2.25. The van der Waals surface area contributed by atoms with Crippen LogP contribution in [0, 0.1) is 0 Å². The molecule has 11 heteroatoms. The van der Waals surface area contributed by atoms with Gasteiger partial charge in [0, 0.05) is 24.8 Å². The van der Waals surface area contributed by atoms with E-state index >= 15 is 0 Å². The van der Waals surface area contributed by atoms with Gasteiger partial charge in [0.25, 0.3) is 0 Å². The van der Waals surface area contributed by atoms with Crippen LogP contribution in [0.5, 0.6) is 0 Å². The van der Waals surface area contributed by atoms with Crippen molar-refractivity contribution in [1.82, 2.24) is 29.3 Å². The molecular formula is C20H26N6O4S. The maximum Gasteiger partial charge on any atom is 0.320 e. The number of hydrogen-bond donors (Lipinski definition) is 1. The average Bonchev–Trinajstić information content (AvgIpc) is 3.34. The van der Waals surface area contributed by atoms with Crippen LogP contribution in [0.3, 0.4) is 0 Å². The first-order valence-corrected chi connectivity index (χ1v) is 11.2. The van der Waals surface area contributed by atoms with Crippen LogP contribution < -0.4 is 0 Å². The number of hydrogen-bond acceptors (Lipinski definition) is 7. The van der Waals surface area contributed by atoms with Gasteiger partial charge in [0.1, 0.15) is 5.60 Å². The van der Waals surface area contributed by atoms with Gasteiger partial charge < -0.3 is 9.29 Å². The molecule has 0 aromatic carbocycles. The van der Waals surface area contributed by atoms with Gasteiger partial charge in [0.2, 0.25) is 11.1 Å². The zero-order chi connectivity index (χ0) is 22.2. The lowest BCUT2D eigenvalue weighted by Crippen LogP contribution is -2.40. The number of nitrogens with zero attached hydrogens (tertiary/aromatic N) is 6. The molecule has 1 unspecified atom stereocenters. The topological polar surface area (TPSA) is 115 Å². The molecule has 10 nitrogen and oxygen atoms in total. The normalized spacial score (nSPS) is 17.2. The highest BCUT2D eigenvalue weighted by Crippen LogP contribution is 2.25. The standard InChI is InChI=1S/C20H26N6O4S/c1-20(2,3)30-19(27)13-24-8-6-15(7-9-24)25-12-14(10-22-25)16-4-5-17-21-11-18(31(28)29)26(17)23-16/h4-5,10-12,15H,6-9,13H2,1-3H3,(H,28,29). The fourth-order valence-electron chi connectivity index (χ4n) is 3.69. The average molecular weight is 447 g/mol. The first kappa shape index (κ1) is 21.6. The number of aromatic nitrogens is 5. The van der Waals surface area contributed by atoms with Crippen molar-refractivity contribution in [3.05, 3.63) is 30.7 Å². The van der Waals surface area contributed by atoms with E-state index in [1.54, 1.807) is 12.3 Å². The molecule has 1 saturated heterocycles. The quantitative estimate of drug-likeness (QED) is 0.468. The Hall–Kier alpha value is -2.63. The molecule has 1 aliphatic heterocycles. The van der Waals surface area contributed by atoms with Gasteiger partial charge >= 0.3 is 5.97 Å². The second-order valence-electron chi connectivity index (χ2n) is 8.64. The second-order valence-corrected chi connectivity index (χ2v) is 9.55. The Labute approximate surface area is 182 Å². The van der Waals surface area contributed by atoms with Crippen molar-refractivity contribution in [2.45, 2.75) is 50.3 Å². The fraction of sp³-hybridized carbons (Fsp3) is 0.500. The van der Waals surface area contributed by atoms with Gasteiger partial charge in [0.15, 0.2) is 10.7 Å². The minimum atomic E-state index is -2.17. The summed E-state index contributed by atoms with van der Waals surface area (Å²) in [5.41, 5.74) is 1.50. The highest BCUT2D eigenvalue weighted by atomic mass is 32.2. The van der Waals surface area contributed by atoms with Gasteiger partial charge in [-0.1, -0.05) is 0 Å². The first-order valence-electron chi connectivity index (χ1n) is 10.1. The van der Waals surface area contributed by atoms with E-state index in [2.05, 4.69) is 20.1 Å². The molecule has 0 aliphatic carbocycles. The minimum absolute atomic E-state index is 0.126. The minimum Gasteiger partial charge on any atom is -0.459 e. The Morgan fingerprint density at radius 1 is 1.26 bits per heavy atom. The van der Waals surface area contributed by atoms with Crippen LogP contribution >= 0.6 is 0 Å². The van der Waals surface area contributed by atoms with Gasteiger partial charge in [-0.05, 0) is 45.7 Å². The van der Waals surface area contributed by atoms with Crippen molar-refractivity contribution < 1.29 is 18.3 Å². The number of fused-ring (bicyclic) bond motifs is 1. The van der Waals surface area contributed by atoms with Crippen LogP contribution in [0.1, 0.15) is 39.7 Å². The van der Waals surface area contributed by atoms with E-state index in [9.17, 15) is 13.6 Å². The zero-order valence-corrected chi connectivity index (χ0v) is 18.6. The molecule has 4 rings (SSSR count). The Balaban J connectivity index is 1.41. The molecule has 1 aliphatic rings. The van der Waals surface area contributed by atoms with Crippen LogP contribution in [0.2, 0.25) is 0 Å². The lowest BCUT2D eigenvalue weighted by atomic mass is 10.1. The lowest BCUT2D eigenvalue weighted by molar-refractivity contribution is -0.156. The molecule has 1 fully saturated rings. The summed E-state index contributed by atoms with van der Waals surface area (Å²) in [4.78, 5) is 18.2. The van der Waals surface area contributed by atoms with Gasteiger partial charge in [-0.2, -0.15) is 10.2 Å². The van der Waals surface area contributed by atoms with E-state index in [-0.39, 0.29) is 17.0 Å². The molecule has 1 atom stereocenters. The van der Waals surface area contributed by atoms with Crippen molar-refractivity contribution in [2.24, 2.45) is 0 Å². The number of carbonyl (C=O) groups excluding carboxylic acids is 1. The molecule has 166 valence electrons. The van der Waals surface area contributed by atoms with E-state index in [4.69, 9.17) is 4.74 Å². The summed E-state index contributed by atoms with van der Waals surface area (Å²) in [5.74, 6) is -0.198. The van der Waals surface area contributed by atoms with Crippen LogP contribution in [-0.4, -0.2) is 69.2 Å². The number of likely N-dealkylation sites (tertiary alicyclic amines) is 1. The third-order valence-corrected chi connectivity index (χ3v) is 5.75. The van der Waals surface area contributed by atoms with E-state index in [0.717, 1.165) is 31.5 Å². The first-order chi connectivity index (χ1) is 14.7. The van der Waals surface area contributed by atoms with E-state index in [0.29, 0.717) is 17.9 Å². The Morgan fingerprint density at radius 3 is 2.68 bits per heavy atom. The van der Waals surface area contributed by atoms with E-state index in [1.165, 1.54) is 10.7 Å². The van der Waals surface area contributed by atoms with Crippen molar-refractivity contribution >= 4 is 22.7 Å². The Bertz CT molecular complexity index is 1110. The van der Waals surface area contributed by atoms with E-state index < -0.39 is 16.7 Å². The molecule has 4 heterocycles. The largest absolute Gasteiger partial charge is 0.459 e. The summed E-state index contributed by atoms with van der Waals surface area (Å²) >= 11 is -2.17. The van der Waals surface area contributed by atoms with E-state index in [1.807, 2.05) is 37.7 Å². The van der Waals surface area contributed by atoms with Crippen LogP contribution in [0.4, 0.5) is 0 Å². The number of ether oxygens (including phenoxy) is 1. The molecule has 3 aromatic rings. The maximum absolute atomic E-state index is 12.0. The Kier molecular flexibility index (Phi) is 5.91. The van der Waals surface area contributed by atoms with Gasteiger partial charge in [-0.25, -0.2) is 13.7 Å². The third-order valence-electron chi connectivity index (χ3n) is 5.11. The smallest absolute Gasteiger partial charge is 0.320 e. The molecule has 0 spiro atoms. The van der Waals surface area contributed by atoms with Crippen molar-refractivity contribution in [2.75, 3.05) is 19.6 Å². The fourth-order valence-corrected chi connectivity index (χ4v) is 4.12. The predicted octanol–water partition coefficient (Wildman–Crippen LogP) is 2.15. The SMILES string of the molecule is CC(C)(C)OC(=O)CN1CCC(n2cc(-c3ccc4ncc(S(=O)O)n4n3)cn2)CC1. The Morgan fingerprint density at radius 2 is 2.00 bits per heavy atom. The zero-order valence-electron chi connectivity index (χ0n) is 17.8. The van der Waals surface area contributed by atoms with Crippen LogP contribution in [0.25, 0.3) is 16.9 Å². The molecule has 0 amide bonds. The third kappa shape index (κ3) is 5.00. The molecule has 1 N–H and O–H groups in total. The summed E-state index contributed by atoms with van der Waals surface area (Å²) in [5, 5.41) is 9.08. The summed E-state index contributed by atoms with van der Waals surface area (Å²) in [6, 6.07) is 3.81. The summed E-state index contributed by atoms with van der Waals surface area (Å²) in [6.45, 7) is 7.51. The number of imidazole rings is 1. The van der Waals surface area contributed by atoms with Crippen LogP contribution in [0.15, 0.2) is 35.7 Å². The summed E-state index contributed by atoms with van der Waals surface area (Å²) in [6.07, 6.45) is 6.79. The van der Waals surface area contributed by atoms with Gasteiger partial charge in [-0.3, -0.25) is 14.4 Å². The number of rotatable bonds is 5. The van der Waals surface area contributed by atoms with Gasteiger partial charge in [0.05, 0.1) is 30.7 Å². The molecular weight excluding hydrogens is 420 g/mol. The second kappa shape index (κ2) is 8.48. The highest BCUT2D eigenvalue weighted by molar-refractivity contribution is 7.79. The molecule has 0 bridgehead atoms. The lowest BCUT2D eigenvalue weighted by Gasteiger charge is -2.32. The molecule has 31 heavy (non-hydrogen) atoms. The predicted molar refractivity (Wildman–Crippen MR) is 114 cm³/mol. The van der Waals surface area contributed by atoms with Crippen molar-refractivity contribution in [3.8, 4) is 11.3 Å². The molecule has 0 saturated carbocycles. The van der Waals surface area contributed by atoms with Crippen LogP contribution in [-0.2, 0) is 20.6 Å². The number of piperidine rings is 1. The number of carbonyl (C=O) groups is 1. The molecule has 3 aromatic heterocycles.